The third-order valence-electron chi connectivity index (χ3n) is 4.50. The van der Waals surface area contributed by atoms with E-state index in [1.54, 1.807) is 18.3 Å². The first-order valence-corrected chi connectivity index (χ1v) is 10.0. The molecule has 2 aromatic rings. The van der Waals surface area contributed by atoms with E-state index < -0.39 is 0 Å². The molecule has 0 unspecified atom stereocenters. The van der Waals surface area contributed by atoms with Gasteiger partial charge in [-0.05, 0) is 38.5 Å². The molecule has 164 valence electrons. The van der Waals surface area contributed by atoms with Crippen LogP contribution in [0.3, 0.4) is 0 Å². The van der Waals surface area contributed by atoms with Gasteiger partial charge in [0.2, 0.25) is 5.88 Å². The van der Waals surface area contributed by atoms with E-state index in [-0.39, 0.29) is 36.0 Å². The van der Waals surface area contributed by atoms with Crippen LogP contribution in [0, 0.1) is 0 Å². The summed E-state index contributed by atoms with van der Waals surface area (Å²) in [5.41, 5.74) is 1.02. The van der Waals surface area contributed by atoms with Gasteiger partial charge in [0, 0.05) is 45.0 Å². The van der Waals surface area contributed by atoms with E-state index in [0.29, 0.717) is 31.3 Å². The van der Waals surface area contributed by atoms with Gasteiger partial charge >= 0.3 is 0 Å². The van der Waals surface area contributed by atoms with Crippen LogP contribution in [0.1, 0.15) is 36.9 Å². The van der Waals surface area contributed by atoms with Crippen molar-refractivity contribution in [1.29, 1.82) is 0 Å². The first-order chi connectivity index (χ1) is 14.1. The minimum absolute atomic E-state index is 0. The summed E-state index contributed by atoms with van der Waals surface area (Å²) in [6, 6.07) is 7.29. The Kier molecular flexibility index (Phi) is 9.41. The molecule has 3 heterocycles. The Labute approximate surface area is 194 Å². The molecule has 0 saturated carbocycles. The lowest BCUT2D eigenvalue weighted by Crippen LogP contribution is -2.53. The molecule has 1 aliphatic heterocycles. The number of guanidine groups is 1. The van der Waals surface area contributed by atoms with Crippen molar-refractivity contribution in [3.8, 4) is 5.88 Å². The van der Waals surface area contributed by atoms with Crippen molar-refractivity contribution in [2.24, 2.45) is 4.99 Å². The third kappa shape index (κ3) is 6.61. The lowest BCUT2D eigenvalue weighted by atomic mass is 10.3. The van der Waals surface area contributed by atoms with E-state index in [1.807, 2.05) is 37.8 Å². The highest BCUT2D eigenvalue weighted by atomic mass is 127. The lowest BCUT2D eigenvalue weighted by molar-refractivity contribution is 0.0657. The zero-order valence-corrected chi connectivity index (χ0v) is 20.0. The number of nitrogens with one attached hydrogen (secondary N) is 1. The number of carbonyl (C=O) groups is 1. The zero-order chi connectivity index (χ0) is 20.6. The Hall–Kier alpha value is -2.30. The molecule has 9 heteroatoms. The van der Waals surface area contributed by atoms with Crippen LogP contribution in [0.2, 0.25) is 0 Å². The van der Waals surface area contributed by atoms with E-state index in [1.165, 1.54) is 6.26 Å². The summed E-state index contributed by atoms with van der Waals surface area (Å²) in [4.78, 5) is 25.5. The molecular formula is C21H30IN5O3. The van der Waals surface area contributed by atoms with Crippen molar-refractivity contribution >= 4 is 35.8 Å². The summed E-state index contributed by atoms with van der Waals surface area (Å²) in [6.07, 6.45) is 3.42. The first-order valence-electron chi connectivity index (χ1n) is 10.0. The predicted octanol–water partition coefficient (Wildman–Crippen LogP) is 3.00. The summed E-state index contributed by atoms with van der Waals surface area (Å²) in [5.74, 6) is 1.79. The number of aromatic nitrogens is 1. The highest BCUT2D eigenvalue weighted by Crippen LogP contribution is 2.12. The van der Waals surface area contributed by atoms with E-state index >= 15 is 0 Å². The van der Waals surface area contributed by atoms with Crippen molar-refractivity contribution in [1.82, 2.24) is 20.1 Å². The molecule has 0 aromatic carbocycles. The minimum Gasteiger partial charge on any atom is -0.475 e. The van der Waals surface area contributed by atoms with E-state index in [2.05, 4.69) is 15.2 Å². The lowest BCUT2D eigenvalue weighted by Gasteiger charge is -2.36. The average Bonchev–Trinajstić information content (AvgIpc) is 3.26. The summed E-state index contributed by atoms with van der Waals surface area (Å²) >= 11 is 0. The zero-order valence-electron chi connectivity index (χ0n) is 17.7. The van der Waals surface area contributed by atoms with Crippen LogP contribution in [0.5, 0.6) is 5.88 Å². The van der Waals surface area contributed by atoms with Crippen molar-refractivity contribution in [3.63, 3.8) is 0 Å². The monoisotopic (exact) mass is 527 g/mol. The van der Waals surface area contributed by atoms with Crippen LogP contribution < -0.4 is 10.1 Å². The molecule has 1 saturated heterocycles. The summed E-state index contributed by atoms with van der Waals surface area (Å²) in [6.45, 7) is 10.0. The quantitative estimate of drug-likeness (QED) is 0.354. The molecule has 1 N–H and O–H groups in total. The Morgan fingerprint density at radius 3 is 2.53 bits per heavy atom. The number of nitrogens with zero attached hydrogens (tertiary/aromatic N) is 4. The van der Waals surface area contributed by atoms with Crippen LogP contribution in [0.25, 0.3) is 0 Å². The van der Waals surface area contributed by atoms with Gasteiger partial charge in [-0.1, -0.05) is 6.07 Å². The van der Waals surface area contributed by atoms with E-state index in [4.69, 9.17) is 14.1 Å². The normalized spacial score (nSPS) is 14.5. The summed E-state index contributed by atoms with van der Waals surface area (Å²) in [7, 11) is 0. The molecule has 8 nitrogen and oxygen atoms in total. The molecule has 30 heavy (non-hydrogen) atoms. The van der Waals surface area contributed by atoms with E-state index in [9.17, 15) is 4.79 Å². The van der Waals surface area contributed by atoms with Gasteiger partial charge in [-0.3, -0.25) is 4.79 Å². The predicted molar refractivity (Wildman–Crippen MR) is 126 cm³/mol. The van der Waals surface area contributed by atoms with Gasteiger partial charge < -0.3 is 24.3 Å². The highest BCUT2D eigenvalue weighted by Gasteiger charge is 2.25. The molecule has 0 spiro atoms. The maximum absolute atomic E-state index is 12.4. The van der Waals surface area contributed by atoms with Crippen LogP contribution >= 0.6 is 24.0 Å². The van der Waals surface area contributed by atoms with Gasteiger partial charge in [-0.15, -0.1) is 24.0 Å². The number of piperazine rings is 1. The van der Waals surface area contributed by atoms with Crippen LogP contribution in [-0.2, 0) is 6.54 Å². The SMILES string of the molecule is CCNC(=NCc1ccc(OC(C)C)nc1)N1CCN(C(=O)c2ccco2)CC1.I. The van der Waals surface area contributed by atoms with Gasteiger partial charge in [0.15, 0.2) is 11.7 Å². The number of halogens is 1. The van der Waals surface area contributed by atoms with Crippen molar-refractivity contribution < 1.29 is 13.9 Å². The molecule has 0 bridgehead atoms. The molecule has 3 rings (SSSR count). The topological polar surface area (TPSA) is 83.2 Å². The van der Waals surface area contributed by atoms with Gasteiger partial charge in [0.1, 0.15) is 0 Å². The third-order valence-corrected chi connectivity index (χ3v) is 4.50. The van der Waals surface area contributed by atoms with Crippen LogP contribution in [0.4, 0.5) is 0 Å². The van der Waals surface area contributed by atoms with Crippen LogP contribution in [-0.4, -0.2) is 65.5 Å². The Balaban J connectivity index is 0.00000320. The van der Waals surface area contributed by atoms with Gasteiger partial charge in [-0.25, -0.2) is 9.98 Å². The van der Waals surface area contributed by atoms with Crippen LogP contribution in [0.15, 0.2) is 46.1 Å². The number of furan rings is 1. The summed E-state index contributed by atoms with van der Waals surface area (Å²) < 4.78 is 10.8. The number of amides is 1. The van der Waals surface area contributed by atoms with Gasteiger partial charge in [0.05, 0.1) is 18.9 Å². The molecule has 0 aliphatic carbocycles. The maximum atomic E-state index is 12.4. The van der Waals surface area contributed by atoms with Gasteiger partial charge in [-0.2, -0.15) is 0 Å². The molecule has 0 atom stereocenters. The number of rotatable bonds is 6. The standard InChI is InChI=1S/C21H29N5O3.HI/c1-4-22-21(24-15-17-7-8-19(23-14-17)29-16(2)3)26-11-9-25(10-12-26)20(27)18-6-5-13-28-18;/h5-8,13-14,16H,4,9-12,15H2,1-3H3,(H,22,24);1H. The smallest absolute Gasteiger partial charge is 0.289 e. The van der Waals surface area contributed by atoms with E-state index in [0.717, 1.165) is 31.2 Å². The largest absolute Gasteiger partial charge is 0.475 e. The molecule has 0 radical (unpaired) electrons. The Bertz CT molecular complexity index is 801. The number of hydrogen-bond acceptors (Lipinski definition) is 5. The minimum atomic E-state index is -0.0635. The number of pyridine rings is 1. The van der Waals surface area contributed by atoms with Crippen molar-refractivity contribution in [2.75, 3.05) is 32.7 Å². The Morgan fingerprint density at radius 1 is 1.23 bits per heavy atom. The van der Waals surface area contributed by atoms with Gasteiger partial charge in [0.25, 0.3) is 5.91 Å². The average molecular weight is 527 g/mol. The fraction of sp³-hybridized carbons (Fsp3) is 0.476. The number of ether oxygens (including phenoxy) is 1. The summed E-state index contributed by atoms with van der Waals surface area (Å²) in [5, 5.41) is 3.34. The fourth-order valence-electron chi connectivity index (χ4n) is 3.09. The van der Waals surface area contributed by atoms with Crippen molar-refractivity contribution in [3.05, 3.63) is 48.0 Å². The number of hydrogen-bond donors (Lipinski definition) is 1. The Morgan fingerprint density at radius 2 is 1.97 bits per heavy atom. The number of aliphatic imine (C=N–C) groups is 1. The first kappa shape index (κ1) is 24.0. The highest BCUT2D eigenvalue weighted by molar-refractivity contribution is 14.0. The second-order valence-corrected chi connectivity index (χ2v) is 7.10. The number of carbonyl (C=O) groups excluding carboxylic acids is 1. The molecular weight excluding hydrogens is 497 g/mol. The second-order valence-electron chi connectivity index (χ2n) is 7.10. The second kappa shape index (κ2) is 11.8. The van der Waals surface area contributed by atoms with Crippen molar-refractivity contribution in [2.45, 2.75) is 33.4 Å². The fourth-order valence-corrected chi connectivity index (χ4v) is 3.09. The molecule has 1 fully saturated rings. The molecule has 1 amide bonds. The maximum Gasteiger partial charge on any atom is 0.289 e. The molecule has 1 aliphatic rings. The molecule has 2 aromatic heterocycles.